The lowest BCUT2D eigenvalue weighted by atomic mass is 10.1. The minimum atomic E-state index is 0.544. The largest absolute Gasteiger partial charge is 0.265 e. The summed E-state index contributed by atoms with van der Waals surface area (Å²) in [7, 11) is 1.65. The topological polar surface area (TPSA) is 52.8 Å². The summed E-state index contributed by atoms with van der Waals surface area (Å²) in [6.07, 6.45) is 4.03. The Labute approximate surface area is 110 Å². The molecular weight excluding hydrogens is 244 g/mol. The molecule has 1 heterocycles. The molecule has 4 nitrogen and oxygen atoms in total. The molecule has 0 N–H and O–H groups in total. The standard InChI is InChI=1S/C13H12N4S/c1-17(9-14)13-8-7-12(15-16-13)10-3-5-11(18-2)6-4-10/h3-8H,1-2H3. The fourth-order valence-electron chi connectivity index (χ4n) is 1.47. The lowest BCUT2D eigenvalue weighted by molar-refractivity contribution is 0.994. The molecule has 2 aromatic rings. The van der Waals surface area contributed by atoms with Gasteiger partial charge < -0.3 is 0 Å². The van der Waals surface area contributed by atoms with E-state index in [1.807, 2.05) is 30.6 Å². The van der Waals surface area contributed by atoms with Crippen molar-refractivity contribution in [1.82, 2.24) is 10.2 Å². The third kappa shape index (κ3) is 2.60. The van der Waals surface area contributed by atoms with Gasteiger partial charge in [-0.2, -0.15) is 5.26 Å². The van der Waals surface area contributed by atoms with E-state index in [0.29, 0.717) is 5.82 Å². The Morgan fingerprint density at radius 1 is 1.11 bits per heavy atom. The van der Waals surface area contributed by atoms with Crippen LogP contribution in [0.15, 0.2) is 41.3 Å². The molecule has 0 bridgehead atoms. The summed E-state index contributed by atoms with van der Waals surface area (Å²) in [5.41, 5.74) is 1.82. The van der Waals surface area contributed by atoms with E-state index in [1.54, 1.807) is 24.9 Å². The van der Waals surface area contributed by atoms with Crippen LogP contribution in [0.3, 0.4) is 0 Å². The van der Waals surface area contributed by atoms with E-state index in [4.69, 9.17) is 5.26 Å². The molecule has 0 amide bonds. The van der Waals surface area contributed by atoms with Gasteiger partial charge in [-0.15, -0.1) is 22.0 Å². The highest BCUT2D eigenvalue weighted by Crippen LogP contribution is 2.21. The van der Waals surface area contributed by atoms with Crippen LogP contribution in [0.5, 0.6) is 0 Å². The van der Waals surface area contributed by atoms with Crippen molar-refractivity contribution in [3.05, 3.63) is 36.4 Å². The minimum Gasteiger partial charge on any atom is -0.265 e. The molecule has 0 aliphatic heterocycles. The van der Waals surface area contributed by atoms with Crippen LogP contribution < -0.4 is 4.90 Å². The van der Waals surface area contributed by atoms with Crippen LogP contribution in [-0.2, 0) is 0 Å². The van der Waals surface area contributed by atoms with E-state index >= 15 is 0 Å². The number of nitriles is 1. The Hall–Kier alpha value is -2.06. The fourth-order valence-corrected chi connectivity index (χ4v) is 1.88. The van der Waals surface area contributed by atoms with Crippen LogP contribution in [0, 0.1) is 11.5 Å². The third-order valence-corrected chi connectivity index (χ3v) is 3.27. The summed E-state index contributed by atoms with van der Waals surface area (Å²) in [5, 5.41) is 16.9. The highest BCUT2D eigenvalue weighted by Gasteiger charge is 2.04. The van der Waals surface area contributed by atoms with Gasteiger partial charge in [0.1, 0.15) is 0 Å². The van der Waals surface area contributed by atoms with Crippen LogP contribution >= 0.6 is 11.8 Å². The average molecular weight is 256 g/mol. The van der Waals surface area contributed by atoms with Gasteiger partial charge in [-0.05, 0) is 30.5 Å². The summed E-state index contributed by atoms with van der Waals surface area (Å²) in [6, 6.07) is 11.8. The molecule has 2 rings (SSSR count). The highest BCUT2D eigenvalue weighted by atomic mass is 32.2. The van der Waals surface area contributed by atoms with Gasteiger partial charge in [-0.3, -0.25) is 4.90 Å². The summed E-state index contributed by atoms with van der Waals surface area (Å²) in [5.74, 6) is 0.544. The summed E-state index contributed by atoms with van der Waals surface area (Å²) in [4.78, 5) is 2.58. The summed E-state index contributed by atoms with van der Waals surface area (Å²) >= 11 is 1.70. The van der Waals surface area contributed by atoms with Gasteiger partial charge in [0.15, 0.2) is 12.0 Å². The monoisotopic (exact) mass is 256 g/mol. The molecule has 1 aromatic carbocycles. The maximum atomic E-state index is 8.74. The lowest BCUT2D eigenvalue weighted by Crippen LogP contribution is -2.10. The van der Waals surface area contributed by atoms with Gasteiger partial charge >= 0.3 is 0 Å². The minimum absolute atomic E-state index is 0.544. The molecule has 0 saturated carbocycles. The van der Waals surface area contributed by atoms with Crippen LogP contribution in [-0.4, -0.2) is 23.5 Å². The van der Waals surface area contributed by atoms with Gasteiger partial charge in [0.2, 0.25) is 0 Å². The van der Waals surface area contributed by atoms with Crippen molar-refractivity contribution in [1.29, 1.82) is 5.26 Å². The van der Waals surface area contributed by atoms with Crippen LogP contribution in [0.2, 0.25) is 0 Å². The quantitative estimate of drug-likeness (QED) is 0.480. The molecule has 0 spiro atoms. The zero-order chi connectivity index (χ0) is 13.0. The Morgan fingerprint density at radius 2 is 1.83 bits per heavy atom. The van der Waals surface area contributed by atoms with E-state index in [2.05, 4.69) is 22.3 Å². The van der Waals surface area contributed by atoms with Crippen molar-refractivity contribution in [3.63, 3.8) is 0 Å². The van der Waals surface area contributed by atoms with E-state index in [1.165, 1.54) is 9.80 Å². The van der Waals surface area contributed by atoms with E-state index in [9.17, 15) is 0 Å². The van der Waals surface area contributed by atoms with E-state index < -0.39 is 0 Å². The first-order valence-electron chi connectivity index (χ1n) is 5.36. The molecule has 0 aliphatic rings. The number of rotatable bonds is 3. The Balaban J connectivity index is 2.26. The number of hydrogen-bond acceptors (Lipinski definition) is 5. The van der Waals surface area contributed by atoms with Crippen LogP contribution in [0.4, 0.5) is 5.82 Å². The number of benzene rings is 1. The first-order chi connectivity index (χ1) is 8.74. The van der Waals surface area contributed by atoms with Crippen LogP contribution in [0.25, 0.3) is 11.3 Å². The molecule has 18 heavy (non-hydrogen) atoms. The summed E-state index contributed by atoms with van der Waals surface area (Å²) < 4.78 is 0. The number of nitrogens with zero attached hydrogens (tertiary/aromatic N) is 4. The maximum absolute atomic E-state index is 8.74. The number of anilines is 1. The first kappa shape index (κ1) is 12.4. The number of aromatic nitrogens is 2. The van der Waals surface area contributed by atoms with Crippen molar-refractivity contribution in [2.75, 3.05) is 18.2 Å². The van der Waals surface area contributed by atoms with Crippen molar-refractivity contribution < 1.29 is 0 Å². The van der Waals surface area contributed by atoms with Gasteiger partial charge in [0, 0.05) is 17.5 Å². The molecule has 5 heteroatoms. The molecule has 0 radical (unpaired) electrons. The normalized spacial score (nSPS) is 9.83. The van der Waals surface area contributed by atoms with Crippen molar-refractivity contribution in [2.24, 2.45) is 0 Å². The van der Waals surface area contributed by atoms with E-state index in [-0.39, 0.29) is 0 Å². The molecule has 0 saturated heterocycles. The summed E-state index contributed by atoms with van der Waals surface area (Å²) in [6.45, 7) is 0. The SMILES string of the molecule is CSc1ccc(-c2ccc(N(C)C#N)nn2)cc1. The third-order valence-electron chi connectivity index (χ3n) is 2.53. The predicted octanol–water partition coefficient (Wildman–Crippen LogP) is 2.78. The Kier molecular flexibility index (Phi) is 3.80. The predicted molar refractivity (Wildman–Crippen MR) is 73.3 cm³/mol. The van der Waals surface area contributed by atoms with E-state index in [0.717, 1.165) is 11.3 Å². The first-order valence-corrected chi connectivity index (χ1v) is 6.58. The molecule has 90 valence electrons. The maximum Gasteiger partial charge on any atom is 0.185 e. The Morgan fingerprint density at radius 3 is 2.33 bits per heavy atom. The number of thioether (sulfide) groups is 1. The molecule has 0 atom stereocenters. The van der Waals surface area contributed by atoms with Crippen molar-refractivity contribution in [3.8, 4) is 17.5 Å². The van der Waals surface area contributed by atoms with Crippen LogP contribution in [0.1, 0.15) is 0 Å². The van der Waals surface area contributed by atoms with Gasteiger partial charge in [-0.25, -0.2) is 0 Å². The fraction of sp³-hybridized carbons (Fsp3) is 0.154. The van der Waals surface area contributed by atoms with Crippen molar-refractivity contribution in [2.45, 2.75) is 4.90 Å². The average Bonchev–Trinajstić information content (AvgIpc) is 2.47. The molecule has 0 unspecified atom stereocenters. The lowest BCUT2D eigenvalue weighted by Gasteiger charge is -2.07. The van der Waals surface area contributed by atoms with Crippen molar-refractivity contribution >= 4 is 17.6 Å². The highest BCUT2D eigenvalue weighted by molar-refractivity contribution is 7.98. The van der Waals surface area contributed by atoms with Gasteiger partial charge in [0.25, 0.3) is 0 Å². The second-order valence-electron chi connectivity index (χ2n) is 3.66. The second-order valence-corrected chi connectivity index (χ2v) is 4.54. The number of hydrogen-bond donors (Lipinski definition) is 0. The molecule has 0 aliphatic carbocycles. The molecule has 0 fully saturated rings. The molecular formula is C13H12N4S. The zero-order valence-corrected chi connectivity index (χ0v) is 11.0. The second kappa shape index (κ2) is 5.52. The zero-order valence-electron chi connectivity index (χ0n) is 10.2. The molecule has 1 aromatic heterocycles. The smallest absolute Gasteiger partial charge is 0.185 e. The Bertz CT molecular complexity index is 557. The van der Waals surface area contributed by atoms with Gasteiger partial charge in [0.05, 0.1) is 5.69 Å². The van der Waals surface area contributed by atoms with Gasteiger partial charge in [-0.1, -0.05) is 12.1 Å².